The maximum atomic E-state index is 3.76. The van der Waals surface area contributed by atoms with E-state index in [0.717, 1.165) is 6.04 Å². The van der Waals surface area contributed by atoms with Gasteiger partial charge in [0.25, 0.3) is 0 Å². The Morgan fingerprint density at radius 1 is 1.42 bits per heavy atom. The monoisotopic (exact) mass is 324 g/mol. The molecule has 1 aromatic rings. The topological polar surface area (TPSA) is 15.3 Å². The van der Waals surface area contributed by atoms with Crippen LogP contribution in [0.5, 0.6) is 0 Å². The number of nitrogens with zero attached hydrogens (tertiary/aromatic N) is 1. The Morgan fingerprint density at radius 2 is 2.16 bits per heavy atom. The molecule has 3 heteroatoms. The lowest BCUT2D eigenvalue weighted by molar-refractivity contribution is 0.651. The predicted molar refractivity (Wildman–Crippen MR) is 86.9 cm³/mol. The number of hydrogen-bond donors (Lipinski definition) is 1. The third kappa shape index (κ3) is 3.73. The minimum Gasteiger partial charge on any atom is -0.368 e. The summed E-state index contributed by atoms with van der Waals surface area (Å²) in [5.74, 6) is 0. The van der Waals surface area contributed by atoms with Crippen molar-refractivity contribution >= 4 is 21.6 Å². The van der Waals surface area contributed by atoms with Crippen LogP contribution in [0.2, 0.25) is 0 Å². The van der Waals surface area contributed by atoms with Crippen LogP contribution < -0.4 is 10.2 Å². The SMILES string of the molecule is CCCCN(c1ccc(C(C)NC)cc1Br)C1CC1. The number of benzene rings is 1. The molecule has 1 fully saturated rings. The number of halogens is 1. The molecule has 0 saturated heterocycles. The first-order chi connectivity index (χ1) is 9.17. The summed E-state index contributed by atoms with van der Waals surface area (Å²) in [6.07, 6.45) is 5.24. The molecule has 0 radical (unpaired) electrons. The van der Waals surface area contributed by atoms with Gasteiger partial charge in [-0.15, -0.1) is 0 Å². The van der Waals surface area contributed by atoms with Crippen molar-refractivity contribution in [3.8, 4) is 0 Å². The van der Waals surface area contributed by atoms with Crippen molar-refractivity contribution in [1.29, 1.82) is 0 Å². The highest BCUT2D eigenvalue weighted by molar-refractivity contribution is 9.10. The molecule has 2 nitrogen and oxygen atoms in total. The molecular formula is C16H25BrN2. The molecule has 2 rings (SSSR count). The molecule has 1 aliphatic carbocycles. The summed E-state index contributed by atoms with van der Waals surface area (Å²) in [5, 5.41) is 3.29. The van der Waals surface area contributed by atoms with Gasteiger partial charge in [0, 0.05) is 23.1 Å². The van der Waals surface area contributed by atoms with Crippen LogP contribution in [-0.2, 0) is 0 Å². The molecule has 0 aliphatic heterocycles. The summed E-state index contributed by atoms with van der Waals surface area (Å²) < 4.78 is 1.23. The first-order valence-electron chi connectivity index (χ1n) is 7.40. The fourth-order valence-electron chi connectivity index (χ4n) is 2.41. The minimum atomic E-state index is 0.398. The summed E-state index contributed by atoms with van der Waals surface area (Å²) in [5.41, 5.74) is 2.70. The highest BCUT2D eigenvalue weighted by Crippen LogP contribution is 2.37. The van der Waals surface area contributed by atoms with E-state index >= 15 is 0 Å². The van der Waals surface area contributed by atoms with E-state index in [-0.39, 0.29) is 0 Å². The van der Waals surface area contributed by atoms with Gasteiger partial charge in [-0.05, 0) is 66.9 Å². The van der Waals surface area contributed by atoms with Crippen LogP contribution in [0.3, 0.4) is 0 Å². The third-order valence-corrected chi connectivity index (χ3v) is 4.59. The van der Waals surface area contributed by atoms with Gasteiger partial charge in [-0.1, -0.05) is 19.4 Å². The van der Waals surface area contributed by atoms with Crippen molar-refractivity contribution in [2.75, 3.05) is 18.5 Å². The summed E-state index contributed by atoms with van der Waals surface area (Å²) in [4.78, 5) is 2.58. The van der Waals surface area contributed by atoms with Gasteiger partial charge in [0.15, 0.2) is 0 Å². The average molecular weight is 325 g/mol. The zero-order valence-corrected chi connectivity index (χ0v) is 13.8. The van der Waals surface area contributed by atoms with E-state index in [2.05, 4.69) is 58.2 Å². The van der Waals surface area contributed by atoms with E-state index in [0.29, 0.717) is 6.04 Å². The average Bonchev–Trinajstić information content (AvgIpc) is 3.24. The van der Waals surface area contributed by atoms with E-state index in [4.69, 9.17) is 0 Å². The number of hydrogen-bond acceptors (Lipinski definition) is 2. The molecular weight excluding hydrogens is 300 g/mol. The molecule has 1 N–H and O–H groups in total. The second-order valence-corrected chi connectivity index (χ2v) is 6.35. The molecule has 1 unspecified atom stereocenters. The Labute approximate surface area is 125 Å². The fraction of sp³-hybridized carbons (Fsp3) is 0.625. The summed E-state index contributed by atoms with van der Waals surface area (Å²) in [6.45, 7) is 5.63. The van der Waals surface area contributed by atoms with Crippen LogP contribution in [-0.4, -0.2) is 19.6 Å². The highest BCUT2D eigenvalue weighted by atomic mass is 79.9. The maximum Gasteiger partial charge on any atom is 0.0513 e. The molecule has 1 atom stereocenters. The lowest BCUT2D eigenvalue weighted by Gasteiger charge is -2.26. The lowest BCUT2D eigenvalue weighted by atomic mass is 10.1. The Hall–Kier alpha value is -0.540. The molecule has 0 spiro atoms. The van der Waals surface area contributed by atoms with Crippen LogP contribution in [0.4, 0.5) is 5.69 Å². The van der Waals surface area contributed by atoms with E-state index < -0.39 is 0 Å². The summed E-state index contributed by atoms with van der Waals surface area (Å²) in [6, 6.07) is 7.97. The summed E-state index contributed by atoms with van der Waals surface area (Å²) >= 11 is 3.76. The predicted octanol–water partition coefficient (Wildman–Crippen LogP) is 4.50. The minimum absolute atomic E-state index is 0.398. The lowest BCUT2D eigenvalue weighted by Crippen LogP contribution is -2.27. The third-order valence-electron chi connectivity index (χ3n) is 3.95. The Balaban J connectivity index is 2.17. The Kier molecular flexibility index (Phi) is 5.28. The number of unbranched alkanes of at least 4 members (excludes halogenated alkanes) is 1. The van der Waals surface area contributed by atoms with Gasteiger partial charge >= 0.3 is 0 Å². The Morgan fingerprint density at radius 3 is 2.68 bits per heavy atom. The fourth-order valence-corrected chi connectivity index (χ4v) is 3.03. The molecule has 1 aromatic carbocycles. The van der Waals surface area contributed by atoms with Gasteiger partial charge in [0.05, 0.1) is 5.69 Å². The van der Waals surface area contributed by atoms with Crippen molar-refractivity contribution in [3.63, 3.8) is 0 Å². The van der Waals surface area contributed by atoms with Gasteiger partial charge < -0.3 is 10.2 Å². The molecule has 1 aliphatic rings. The number of nitrogens with one attached hydrogen (secondary N) is 1. The molecule has 106 valence electrons. The zero-order valence-electron chi connectivity index (χ0n) is 12.2. The van der Waals surface area contributed by atoms with Crippen LogP contribution >= 0.6 is 15.9 Å². The van der Waals surface area contributed by atoms with Crippen molar-refractivity contribution in [1.82, 2.24) is 5.32 Å². The van der Waals surface area contributed by atoms with Crippen molar-refractivity contribution in [3.05, 3.63) is 28.2 Å². The Bertz CT molecular complexity index is 415. The van der Waals surface area contributed by atoms with E-state index in [9.17, 15) is 0 Å². The normalized spacial score (nSPS) is 16.4. The standard InChI is InChI=1S/C16H25BrN2/c1-4-5-10-19(14-7-8-14)16-9-6-13(11-15(16)17)12(2)18-3/h6,9,11-12,14,18H,4-5,7-8,10H2,1-3H3. The number of rotatable bonds is 7. The van der Waals surface area contributed by atoms with Gasteiger partial charge in [-0.2, -0.15) is 0 Å². The van der Waals surface area contributed by atoms with Gasteiger partial charge in [0.2, 0.25) is 0 Å². The van der Waals surface area contributed by atoms with Crippen molar-refractivity contribution in [2.45, 2.75) is 51.6 Å². The van der Waals surface area contributed by atoms with E-state index in [1.54, 1.807) is 0 Å². The van der Waals surface area contributed by atoms with E-state index in [1.165, 1.54) is 48.0 Å². The molecule has 0 heterocycles. The van der Waals surface area contributed by atoms with Gasteiger partial charge in [0.1, 0.15) is 0 Å². The second-order valence-electron chi connectivity index (χ2n) is 5.50. The van der Waals surface area contributed by atoms with Gasteiger partial charge in [-0.25, -0.2) is 0 Å². The molecule has 1 saturated carbocycles. The molecule has 19 heavy (non-hydrogen) atoms. The van der Waals surface area contributed by atoms with Crippen LogP contribution in [0.25, 0.3) is 0 Å². The summed E-state index contributed by atoms with van der Waals surface area (Å²) in [7, 11) is 2.00. The molecule has 0 bridgehead atoms. The van der Waals surface area contributed by atoms with Crippen LogP contribution in [0.1, 0.15) is 51.1 Å². The molecule has 0 amide bonds. The van der Waals surface area contributed by atoms with Gasteiger partial charge in [-0.3, -0.25) is 0 Å². The first kappa shape index (κ1) is 14.9. The zero-order chi connectivity index (χ0) is 13.8. The second kappa shape index (κ2) is 6.76. The van der Waals surface area contributed by atoms with Crippen molar-refractivity contribution < 1.29 is 0 Å². The van der Waals surface area contributed by atoms with Crippen LogP contribution in [0, 0.1) is 0 Å². The maximum absolute atomic E-state index is 3.76. The highest BCUT2D eigenvalue weighted by Gasteiger charge is 2.29. The quantitative estimate of drug-likeness (QED) is 0.794. The van der Waals surface area contributed by atoms with Crippen molar-refractivity contribution in [2.24, 2.45) is 0 Å². The number of anilines is 1. The smallest absolute Gasteiger partial charge is 0.0513 e. The molecule has 0 aromatic heterocycles. The van der Waals surface area contributed by atoms with Crippen LogP contribution in [0.15, 0.2) is 22.7 Å². The van der Waals surface area contributed by atoms with E-state index in [1.807, 2.05) is 7.05 Å². The largest absolute Gasteiger partial charge is 0.368 e. The first-order valence-corrected chi connectivity index (χ1v) is 8.20.